The molecular weight excluding hydrogens is 591 g/mol. The Bertz CT molecular complexity index is 449. The van der Waals surface area contributed by atoms with Crippen LogP contribution in [0.25, 0.3) is 0 Å². The molecule has 0 bridgehead atoms. The second kappa shape index (κ2) is 14.1. The maximum absolute atomic E-state index is 3.62. The first kappa shape index (κ1) is 29.8. The zero-order valence-electron chi connectivity index (χ0n) is 17.0. The molecule has 0 spiro atoms. The maximum atomic E-state index is 3.62. The van der Waals surface area contributed by atoms with E-state index in [0.717, 1.165) is 0 Å². The molecular formula is C18H36I2NiP2. The third-order valence-electron chi connectivity index (χ3n) is 1.76. The third-order valence-corrected chi connectivity index (χ3v) is 2.65. The van der Waals surface area contributed by atoms with Crippen LogP contribution < -0.4 is 0 Å². The average Bonchev–Trinajstić information content (AvgIpc) is 2.20. The molecule has 5 heteroatoms. The summed E-state index contributed by atoms with van der Waals surface area (Å²) in [6, 6.07) is 0. The predicted molar refractivity (Wildman–Crippen MR) is 133 cm³/mol. The number of hydrogen-bond donors (Lipinski definition) is 0. The molecule has 0 rings (SSSR count). The van der Waals surface area contributed by atoms with Crippen LogP contribution in [0.4, 0.5) is 0 Å². The molecule has 0 unspecified atom stereocenters. The van der Waals surface area contributed by atoms with Gasteiger partial charge >= 0.3 is 49.0 Å². The monoisotopic (exact) mass is 626 g/mol. The van der Waals surface area contributed by atoms with E-state index in [1.807, 2.05) is 0 Å². The van der Waals surface area contributed by atoms with Gasteiger partial charge in [0.15, 0.2) is 0 Å². The Kier molecular flexibility index (Phi) is 18.3. The summed E-state index contributed by atoms with van der Waals surface area (Å²) in [5.41, 5.74) is 4.96. The molecule has 0 aliphatic rings. The van der Waals surface area contributed by atoms with E-state index in [1.165, 1.54) is 5.57 Å². The predicted octanol–water partition coefficient (Wildman–Crippen LogP) is 7.44. The van der Waals surface area contributed by atoms with Crippen molar-refractivity contribution in [3.63, 3.8) is 0 Å². The van der Waals surface area contributed by atoms with Gasteiger partial charge in [0.25, 0.3) is 0 Å². The van der Waals surface area contributed by atoms with E-state index >= 15 is 0 Å². The number of allylic oxidation sites excluding steroid dienone is 1. The number of halogens is 2. The molecule has 0 nitrogen and oxygen atoms in total. The average molecular weight is 627 g/mol. The SMILES string of the molecule is CC(C)(C)C#CC(=C=P(C)(C)C)C(C)(C)C.CP(C)C.[I][Ni][I]. The van der Waals surface area contributed by atoms with Gasteiger partial charge in [-0.1, -0.05) is 39.5 Å². The van der Waals surface area contributed by atoms with Crippen molar-refractivity contribution in [1.82, 2.24) is 0 Å². The van der Waals surface area contributed by atoms with Gasteiger partial charge in [-0.3, -0.25) is 0 Å². The van der Waals surface area contributed by atoms with Gasteiger partial charge in [-0.2, -0.15) is 0 Å². The van der Waals surface area contributed by atoms with Crippen LogP contribution in [-0.2, 0) is 8.07 Å². The fraction of sp³-hybridized carbons (Fsp3) is 0.778. The van der Waals surface area contributed by atoms with E-state index in [1.54, 1.807) is 8.07 Å². The first-order valence-electron chi connectivity index (χ1n) is 7.40. The van der Waals surface area contributed by atoms with Crippen molar-refractivity contribution in [2.75, 3.05) is 40.0 Å². The van der Waals surface area contributed by atoms with Crippen LogP contribution in [0.1, 0.15) is 41.5 Å². The Labute approximate surface area is 177 Å². The van der Waals surface area contributed by atoms with Crippen LogP contribution in [0, 0.1) is 22.7 Å². The molecule has 0 radical (unpaired) electrons. The molecule has 0 amide bonds. The van der Waals surface area contributed by atoms with Gasteiger partial charge in [-0.25, -0.2) is 0 Å². The Morgan fingerprint density at radius 2 is 1.22 bits per heavy atom. The van der Waals surface area contributed by atoms with Gasteiger partial charge in [-0.15, -0.1) is 13.4 Å². The second-order valence-electron chi connectivity index (χ2n) is 8.64. The van der Waals surface area contributed by atoms with E-state index in [0.29, 0.717) is 7.92 Å². The van der Waals surface area contributed by atoms with Crippen molar-refractivity contribution in [1.29, 1.82) is 0 Å². The minimum atomic E-state index is -1.04. The van der Waals surface area contributed by atoms with E-state index < -0.39 is 6.89 Å². The standard InChI is InChI=1S/C15H27P.C3H9P.2HI.Ni/c1-14(2,3)11-10-13(15(4,5)6)12-16(7,8)9;1-4(2)3;;;/h1-9H3;1-3H3;2*1H;/q;;;;+2/p-2. The van der Waals surface area contributed by atoms with Gasteiger partial charge in [0.2, 0.25) is 0 Å². The molecule has 142 valence electrons. The summed E-state index contributed by atoms with van der Waals surface area (Å²) in [6.45, 7) is 25.5. The van der Waals surface area contributed by atoms with Gasteiger partial charge in [0.05, 0.1) is 0 Å². The Morgan fingerprint density at radius 3 is 1.39 bits per heavy atom. The van der Waals surface area contributed by atoms with Gasteiger partial charge in [0.1, 0.15) is 0 Å². The Hall–Kier alpha value is 2.02. The molecule has 0 aromatic rings. The topological polar surface area (TPSA) is 0 Å². The summed E-state index contributed by atoms with van der Waals surface area (Å²) in [5.74, 6) is 6.66. The third kappa shape index (κ3) is 32.2. The first-order valence-corrected chi connectivity index (χ1v) is 19.6. The van der Waals surface area contributed by atoms with E-state index in [2.05, 4.69) is 140 Å². The summed E-state index contributed by atoms with van der Waals surface area (Å²) in [5, 5.41) is 0. The van der Waals surface area contributed by atoms with Crippen LogP contribution in [0.15, 0.2) is 5.57 Å². The summed E-state index contributed by atoms with van der Waals surface area (Å²) in [7, 11) is 1.94. The molecule has 0 aliphatic heterocycles. The molecule has 0 N–H and O–H groups in total. The van der Waals surface area contributed by atoms with Crippen molar-refractivity contribution in [3.8, 4) is 11.8 Å². The summed E-state index contributed by atoms with van der Waals surface area (Å²) in [6.07, 6.45) is 0. The Morgan fingerprint density at radius 1 is 0.913 bits per heavy atom. The van der Waals surface area contributed by atoms with Crippen LogP contribution in [0.2, 0.25) is 0 Å². The molecule has 0 aromatic heterocycles. The fourth-order valence-corrected chi connectivity index (χ4v) is 2.03. The molecule has 0 fully saturated rings. The molecule has 0 heterocycles. The number of hydrogen-bond acceptors (Lipinski definition) is 0. The zero-order chi connectivity index (χ0) is 19.5. The van der Waals surface area contributed by atoms with Crippen LogP contribution in [0.5, 0.6) is 0 Å². The van der Waals surface area contributed by atoms with E-state index in [-0.39, 0.29) is 10.8 Å². The quantitative estimate of drug-likeness (QED) is 0.114. The molecule has 0 aliphatic carbocycles. The van der Waals surface area contributed by atoms with Gasteiger partial charge in [0, 0.05) is 16.4 Å². The van der Waals surface area contributed by atoms with Crippen LogP contribution in [0.3, 0.4) is 0 Å². The molecule has 0 aromatic carbocycles. The summed E-state index contributed by atoms with van der Waals surface area (Å²) < 4.78 is 0. The normalized spacial score (nSPS) is 11.3. The van der Waals surface area contributed by atoms with Crippen molar-refractivity contribution in [3.05, 3.63) is 5.57 Å². The Balaban J connectivity index is -0.000000480. The van der Waals surface area contributed by atoms with E-state index in [4.69, 9.17) is 0 Å². The van der Waals surface area contributed by atoms with Crippen LogP contribution >= 0.6 is 55.8 Å². The molecule has 0 saturated heterocycles. The minimum absolute atomic E-state index is 0.0640. The van der Waals surface area contributed by atoms with Crippen molar-refractivity contribution in [2.24, 2.45) is 10.8 Å². The fourth-order valence-electron chi connectivity index (χ4n) is 0.969. The van der Waals surface area contributed by atoms with Crippen molar-refractivity contribution < 1.29 is 8.07 Å². The first-order chi connectivity index (χ1) is 9.96. The summed E-state index contributed by atoms with van der Waals surface area (Å²) >= 11 is 4.43. The van der Waals surface area contributed by atoms with Crippen molar-refractivity contribution >= 4 is 61.2 Å². The number of rotatable bonds is 0. The summed E-state index contributed by atoms with van der Waals surface area (Å²) in [4.78, 5) is 0. The van der Waals surface area contributed by atoms with Gasteiger partial charge in [-0.05, 0) is 60.8 Å². The van der Waals surface area contributed by atoms with Gasteiger partial charge < -0.3 is 0 Å². The van der Waals surface area contributed by atoms with E-state index in [9.17, 15) is 0 Å². The molecule has 0 saturated carbocycles. The molecule has 23 heavy (non-hydrogen) atoms. The zero-order valence-corrected chi connectivity index (χ0v) is 24.1. The van der Waals surface area contributed by atoms with Crippen molar-refractivity contribution in [2.45, 2.75) is 41.5 Å². The molecule has 0 atom stereocenters. The van der Waals surface area contributed by atoms with Crippen LogP contribution in [-0.4, -0.2) is 45.4 Å². The second-order valence-corrected chi connectivity index (χ2v) is 23.9.